The second-order valence-electron chi connectivity index (χ2n) is 6.48. The molecule has 0 bridgehead atoms. The molecule has 0 aliphatic carbocycles. The van der Waals surface area contributed by atoms with E-state index in [0.29, 0.717) is 17.2 Å². The van der Waals surface area contributed by atoms with Gasteiger partial charge in [0.05, 0.1) is 5.56 Å². The second-order valence-corrected chi connectivity index (χ2v) is 7.32. The van der Waals surface area contributed by atoms with Crippen molar-refractivity contribution in [3.63, 3.8) is 0 Å². The maximum Gasteiger partial charge on any atom is 0.259 e. The van der Waals surface area contributed by atoms with Crippen molar-refractivity contribution in [3.8, 4) is 11.1 Å². The van der Waals surface area contributed by atoms with Gasteiger partial charge in [-0.25, -0.2) is 4.98 Å². The van der Waals surface area contributed by atoms with Crippen molar-refractivity contribution >= 4 is 28.2 Å². The summed E-state index contributed by atoms with van der Waals surface area (Å²) in [6, 6.07) is 22.3. The Morgan fingerprint density at radius 2 is 1.83 bits per heavy atom. The zero-order chi connectivity index (χ0) is 20.1. The van der Waals surface area contributed by atoms with Crippen LogP contribution in [0.5, 0.6) is 0 Å². The molecule has 2 aromatic heterocycles. The van der Waals surface area contributed by atoms with Crippen LogP contribution < -0.4 is 10.2 Å². The summed E-state index contributed by atoms with van der Waals surface area (Å²) < 4.78 is 0. The minimum absolute atomic E-state index is 0.252. The monoisotopic (exact) mass is 401 g/mol. The maximum atomic E-state index is 12.3. The van der Waals surface area contributed by atoms with Crippen LogP contribution in [0.25, 0.3) is 11.1 Å². The van der Waals surface area contributed by atoms with Gasteiger partial charge in [0.1, 0.15) is 11.3 Å². The number of aromatic nitrogens is 3. The summed E-state index contributed by atoms with van der Waals surface area (Å²) in [6.45, 7) is 0.703. The number of carbonyl (C=O) groups excluding carboxylic acids is 1. The molecule has 0 spiro atoms. The van der Waals surface area contributed by atoms with Gasteiger partial charge in [0.25, 0.3) is 5.91 Å². The molecule has 2 aromatic carbocycles. The molecule has 0 saturated carbocycles. The highest BCUT2D eigenvalue weighted by Gasteiger charge is 2.12. The zero-order valence-corrected chi connectivity index (χ0v) is 16.6. The van der Waals surface area contributed by atoms with Crippen molar-refractivity contribution < 1.29 is 4.79 Å². The number of anilines is 2. The van der Waals surface area contributed by atoms with Crippen LogP contribution in [-0.4, -0.2) is 28.1 Å². The lowest BCUT2D eigenvalue weighted by molar-refractivity contribution is 0.102. The Bertz CT molecular complexity index is 1080. The first-order valence-electron chi connectivity index (χ1n) is 9.09. The lowest BCUT2D eigenvalue weighted by Gasteiger charge is -2.20. The Morgan fingerprint density at radius 1 is 1.03 bits per heavy atom. The molecule has 1 amide bonds. The smallest absolute Gasteiger partial charge is 0.259 e. The zero-order valence-electron chi connectivity index (χ0n) is 15.8. The number of carbonyl (C=O) groups is 1. The standard InChI is InChI=1S/C22H19N5OS/c1-27(14-18-9-5-6-10-19(18)16-7-3-2-4-8-16)20-12-11-17(13-23-20)21(28)25-22-26-24-15-29-22/h2-13,15H,14H2,1H3,(H,25,26,28). The van der Waals surface area contributed by atoms with E-state index < -0.39 is 0 Å². The summed E-state index contributed by atoms with van der Waals surface area (Å²) in [5.41, 5.74) is 5.64. The molecule has 0 saturated heterocycles. The molecule has 0 radical (unpaired) electrons. The first kappa shape index (κ1) is 18.8. The molecule has 0 aliphatic rings. The third-order valence-electron chi connectivity index (χ3n) is 4.49. The Hall–Kier alpha value is -3.58. The fourth-order valence-corrected chi connectivity index (χ4v) is 3.48. The molecule has 4 rings (SSSR count). The number of hydrogen-bond acceptors (Lipinski definition) is 6. The predicted octanol–water partition coefficient (Wildman–Crippen LogP) is 4.49. The molecule has 7 heteroatoms. The fraction of sp³-hybridized carbons (Fsp3) is 0.0909. The van der Waals surface area contributed by atoms with Gasteiger partial charge in [-0.2, -0.15) is 0 Å². The number of pyridine rings is 1. The van der Waals surface area contributed by atoms with E-state index in [2.05, 4.69) is 55.7 Å². The van der Waals surface area contributed by atoms with Gasteiger partial charge in [0, 0.05) is 19.8 Å². The van der Waals surface area contributed by atoms with Crippen LogP contribution in [0.4, 0.5) is 10.9 Å². The molecule has 1 N–H and O–H groups in total. The first-order chi connectivity index (χ1) is 14.2. The van der Waals surface area contributed by atoms with E-state index in [1.165, 1.54) is 28.0 Å². The van der Waals surface area contributed by atoms with Crippen LogP contribution in [0.3, 0.4) is 0 Å². The van der Waals surface area contributed by atoms with Crippen molar-refractivity contribution in [1.82, 2.24) is 15.2 Å². The van der Waals surface area contributed by atoms with E-state index in [1.807, 2.05) is 37.4 Å². The van der Waals surface area contributed by atoms with Crippen molar-refractivity contribution in [2.75, 3.05) is 17.3 Å². The molecule has 0 unspecified atom stereocenters. The third kappa shape index (κ3) is 4.47. The van der Waals surface area contributed by atoms with E-state index in [4.69, 9.17) is 0 Å². The van der Waals surface area contributed by atoms with E-state index in [9.17, 15) is 4.79 Å². The van der Waals surface area contributed by atoms with Gasteiger partial charge in [-0.1, -0.05) is 65.9 Å². The highest BCUT2D eigenvalue weighted by Crippen LogP contribution is 2.25. The van der Waals surface area contributed by atoms with Crippen LogP contribution >= 0.6 is 11.3 Å². The van der Waals surface area contributed by atoms with Crippen molar-refractivity contribution in [3.05, 3.63) is 89.6 Å². The van der Waals surface area contributed by atoms with Crippen molar-refractivity contribution in [2.45, 2.75) is 6.54 Å². The molecular formula is C22H19N5OS. The number of amides is 1. The number of hydrogen-bond donors (Lipinski definition) is 1. The highest BCUT2D eigenvalue weighted by atomic mass is 32.1. The van der Waals surface area contributed by atoms with E-state index >= 15 is 0 Å². The summed E-state index contributed by atoms with van der Waals surface area (Å²) >= 11 is 1.27. The Morgan fingerprint density at radius 3 is 2.55 bits per heavy atom. The van der Waals surface area contributed by atoms with Crippen molar-refractivity contribution in [1.29, 1.82) is 0 Å². The lowest BCUT2D eigenvalue weighted by atomic mass is 9.99. The molecular weight excluding hydrogens is 382 g/mol. The third-order valence-corrected chi connectivity index (χ3v) is 5.10. The maximum absolute atomic E-state index is 12.3. The molecule has 29 heavy (non-hydrogen) atoms. The summed E-state index contributed by atoms with van der Waals surface area (Å²) in [5.74, 6) is 0.540. The van der Waals surface area contributed by atoms with Gasteiger partial charge in [-0.3, -0.25) is 10.1 Å². The summed E-state index contributed by atoms with van der Waals surface area (Å²) in [6.07, 6.45) is 1.57. The highest BCUT2D eigenvalue weighted by molar-refractivity contribution is 7.13. The van der Waals surface area contributed by atoms with Crippen LogP contribution in [0, 0.1) is 0 Å². The minimum Gasteiger partial charge on any atom is -0.355 e. The lowest BCUT2D eigenvalue weighted by Crippen LogP contribution is -2.19. The second kappa shape index (κ2) is 8.62. The minimum atomic E-state index is -0.252. The summed E-state index contributed by atoms with van der Waals surface area (Å²) in [5, 5.41) is 10.7. The van der Waals surface area contributed by atoms with Gasteiger partial charge in [0.15, 0.2) is 0 Å². The van der Waals surface area contributed by atoms with Gasteiger partial charge in [0.2, 0.25) is 5.13 Å². The summed E-state index contributed by atoms with van der Waals surface area (Å²) in [7, 11) is 1.99. The number of benzene rings is 2. The fourth-order valence-electron chi connectivity index (χ4n) is 3.04. The SMILES string of the molecule is CN(Cc1ccccc1-c1ccccc1)c1ccc(C(=O)Nc2nncs2)cn1. The number of nitrogens with one attached hydrogen (secondary N) is 1. The van der Waals surface area contributed by atoms with E-state index in [1.54, 1.807) is 17.8 Å². The van der Waals surface area contributed by atoms with Crippen LogP contribution in [-0.2, 0) is 6.54 Å². The molecule has 0 fully saturated rings. The predicted molar refractivity (Wildman–Crippen MR) is 116 cm³/mol. The van der Waals surface area contributed by atoms with E-state index in [-0.39, 0.29) is 5.91 Å². The molecule has 2 heterocycles. The Balaban J connectivity index is 1.48. The van der Waals surface area contributed by atoms with Gasteiger partial charge in [-0.05, 0) is 28.8 Å². The Kier molecular flexibility index (Phi) is 5.58. The average molecular weight is 401 g/mol. The number of nitrogens with zero attached hydrogens (tertiary/aromatic N) is 4. The van der Waals surface area contributed by atoms with Gasteiger partial charge >= 0.3 is 0 Å². The van der Waals surface area contributed by atoms with E-state index in [0.717, 1.165) is 5.82 Å². The Labute approximate surface area is 172 Å². The summed E-state index contributed by atoms with van der Waals surface area (Å²) in [4.78, 5) is 18.8. The van der Waals surface area contributed by atoms with Crippen LogP contribution in [0.2, 0.25) is 0 Å². The quantitative estimate of drug-likeness (QED) is 0.515. The molecule has 0 atom stereocenters. The van der Waals surface area contributed by atoms with Crippen LogP contribution in [0.15, 0.2) is 78.4 Å². The van der Waals surface area contributed by atoms with Gasteiger partial charge in [-0.15, -0.1) is 10.2 Å². The molecule has 4 aromatic rings. The molecule has 0 aliphatic heterocycles. The van der Waals surface area contributed by atoms with Crippen molar-refractivity contribution in [2.24, 2.45) is 0 Å². The topological polar surface area (TPSA) is 71.0 Å². The molecule has 6 nitrogen and oxygen atoms in total. The largest absolute Gasteiger partial charge is 0.355 e. The average Bonchev–Trinajstić information content (AvgIpc) is 3.28. The van der Waals surface area contributed by atoms with Gasteiger partial charge < -0.3 is 4.90 Å². The van der Waals surface area contributed by atoms with Crippen LogP contribution in [0.1, 0.15) is 15.9 Å². The first-order valence-corrected chi connectivity index (χ1v) is 9.97. The molecule has 144 valence electrons. The normalized spacial score (nSPS) is 10.5. The number of rotatable bonds is 6.